The molecule has 0 saturated heterocycles. The first-order valence-electron chi connectivity index (χ1n) is 6.85. The van der Waals surface area contributed by atoms with Crippen LogP contribution in [0.2, 0.25) is 0 Å². The van der Waals surface area contributed by atoms with Gasteiger partial charge in [0, 0.05) is 17.8 Å². The van der Waals surface area contributed by atoms with Crippen LogP contribution in [-0.2, 0) is 13.1 Å². The van der Waals surface area contributed by atoms with Gasteiger partial charge in [-0.05, 0) is 24.6 Å². The zero-order chi connectivity index (χ0) is 16.1. The molecule has 2 aromatic rings. The molecule has 0 radical (unpaired) electrons. The van der Waals surface area contributed by atoms with Crippen LogP contribution in [0.1, 0.15) is 16.7 Å². The van der Waals surface area contributed by atoms with Crippen LogP contribution < -0.4 is 10.9 Å². The normalized spacial score (nSPS) is 10.2. The predicted molar refractivity (Wildman–Crippen MR) is 82.7 cm³/mol. The monoisotopic (exact) mass is 299 g/mol. The van der Waals surface area contributed by atoms with Gasteiger partial charge in [0.25, 0.3) is 5.56 Å². The molecular formula is C16H17N3O3. The number of hydrogen-bond acceptors (Lipinski definition) is 5. The smallest absolute Gasteiger partial charge is 0.271 e. The Balaban J connectivity index is 2.44. The highest BCUT2D eigenvalue weighted by molar-refractivity contribution is 5.49. The summed E-state index contributed by atoms with van der Waals surface area (Å²) >= 11 is 0. The van der Waals surface area contributed by atoms with Crippen LogP contribution in [0.25, 0.3) is 0 Å². The number of nitrogens with one attached hydrogen (secondary N) is 1. The Kier molecular flexibility index (Phi) is 4.81. The lowest BCUT2D eigenvalue weighted by Crippen LogP contribution is -2.27. The minimum absolute atomic E-state index is 0.0175. The molecule has 22 heavy (non-hydrogen) atoms. The van der Waals surface area contributed by atoms with Gasteiger partial charge in [-0.25, -0.2) is 0 Å². The molecule has 6 heteroatoms. The second kappa shape index (κ2) is 6.78. The number of hydrogen-bond donors (Lipinski definition) is 3. The molecule has 0 aliphatic rings. The van der Waals surface area contributed by atoms with Gasteiger partial charge in [-0.2, -0.15) is 5.26 Å². The summed E-state index contributed by atoms with van der Waals surface area (Å²) in [5.41, 5.74) is 1.17. The third-order valence-corrected chi connectivity index (χ3v) is 3.49. The molecule has 0 spiro atoms. The third kappa shape index (κ3) is 2.95. The van der Waals surface area contributed by atoms with E-state index in [0.717, 1.165) is 10.3 Å². The van der Waals surface area contributed by atoms with E-state index in [4.69, 9.17) is 10.4 Å². The van der Waals surface area contributed by atoms with E-state index in [1.807, 2.05) is 36.4 Å². The average Bonchev–Trinajstić information content (AvgIpc) is 2.53. The number of aliphatic hydroxyl groups is 1. The van der Waals surface area contributed by atoms with Crippen LogP contribution in [0.5, 0.6) is 5.88 Å². The third-order valence-electron chi connectivity index (χ3n) is 3.49. The summed E-state index contributed by atoms with van der Waals surface area (Å²) in [4.78, 5) is 12.1. The van der Waals surface area contributed by atoms with E-state index in [0.29, 0.717) is 11.1 Å². The Morgan fingerprint density at radius 2 is 2.00 bits per heavy atom. The maximum atomic E-state index is 12.1. The molecule has 0 aliphatic heterocycles. The Hall–Kier alpha value is -2.78. The molecule has 0 amide bonds. The molecule has 0 saturated carbocycles. The van der Waals surface area contributed by atoms with Crippen LogP contribution in [0, 0.1) is 18.3 Å². The SMILES string of the molecule is Cc1c(CNc2ccccc2)c(O)n(CCO)c(=O)c1C#N. The maximum absolute atomic E-state index is 12.1. The van der Waals surface area contributed by atoms with Gasteiger partial charge in [-0.1, -0.05) is 18.2 Å². The Bertz CT molecular complexity index is 761. The van der Waals surface area contributed by atoms with Gasteiger partial charge in [0.2, 0.25) is 0 Å². The number of aromatic hydroxyl groups is 1. The fourth-order valence-corrected chi connectivity index (χ4v) is 2.27. The average molecular weight is 299 g/mol. The second-order valence-corrected chi connectivity index (χ2v) is 4.81. The van der Waals surface area contributed by atoms with Gasteiger partial charge in [0.05, 0.1) is 13.2 Å². The van der Waals surface area contributed by atoms with Gasteiger partial charge in [-0.3, -0.25) is 9.36 Å². The van der Waals surface area contributed by atoms with Crippen LogP contribution in [0.15, 0.2) is 35.1 Å². The number of nitrogens with zero attached hydrogens (tertiary/aromatic N) is 2. The van der Waals surface area contributed by atoms with Crippen LogP contribution in [0.4, 0.5) is 5.69 Å². The number of nitriles is 1. The zero-order valence-electron chi connectivity index (χ0n) is 12.2. The number of benzene rings is 1. The van der Waals surface area contributed by atoms with Gasteiger partial charge in [0.15, 0.2) is 5.88 Å². The summed E-state index contributed by atoms with van der Waals surface area (Å²) in [6.45, 7) is 1.54. The number of aromatic nitrogens is 1. The first kappa shape index (κ1) is 15.6. The minimum Gasteiger partial charge on any atom is -0.494 e. The molecule has 0 atom stereocenters. The van der Waals surface area contributed by atoms with E-state index in [9.17, 15) is 9.90 Å². The summed E-state index contributed by atoms with van der Waals surface area (Å²) in [7, 11) is 0. The lowest BCUT2D eigenvalue weighted by atomic mass is 10.1. The minimum atomic E-state index is -0.588. The van der Waals surface area contributed by atoms with Crippen molar-refractivity contribution in [2.24, 2.45) is 0 Å². The van der Waals surface area contributed by atoms with Gasteiger partial charge in [-0.15, -0.1) is 0 Å². The molecule has 0 fully saturated rings. The zero-order valence-corrected chi connectivity index (χ0v) is 12.2. The summed E-state index contributed by atoms with van der Waals surface area (Å²) < 4.78 is 1.02. The van der Waals surface area contributed by atoms with Crippen molar-refractivity contribution in [1.82, 2.24) is 4.57 Å². The molecule has 3 N–H and O–H groups in total. The lowest BCUT2D eigenvalue weighted by molar-refractivity contribution is 0.263. The highest BCUT2D eigenvalue weighted by Gasteiger charge is 2.18. The summed E-state index contributed by atoms with van der Waals surface area (Å²) in [5, 5.41) is 31.6. The molecule has 0 unspecified atom stereocenters. The van der Waals surface area contributed by atoms with Crippen LogP contribution in [0.3, 0.4) is 0 Å². The van der Waals surface area contributed by atoms with E-state index in [1.54, 1.807) is 6.92 Å². The Morgan fingerprint density at radius 3 is 2.59 bits per heavy atom. The number of pyridine rings is 1. The standard InChI is InChI=1S/C16H17N3O3/c1-11-13(9-17)15(21)19(7-8-20)16(22)14(11)10-18-12-5-3-2-4-6-12/h2-6,18,20,22H,7-8,10H2,1H3. The van der Waals surface area contributed by atoms with Crippen LogP contribution in [-0.4, -0.2) is 21.4 Å². The molecule has 2 rings (SSSR count). The van der Waals surface area contributed by atoms with Crippen molar-refractivity contribution in [3.05, 3.63) is 57.4 Å². The van der Waals surface area contributed by atoms with Gasteiger partial charge >= 0.3 is 0 Å². The van der Waals surface area contributed by atoms with E-state index in [2.05, 4.69) is 5.32 Å². The van der Waals surface area contributed by atoms with Crippen molar-refractivity contribution in [3.8, 4) is 11.9 Å². The van der Waals surface area contributed by atoms with E-state index >= 15 is 0 Å². The maximum Gasteiger partial charge on any atom is 0.271 e. The van der Waals surface area contributed by atoms with Crippen molar-refractivity contribution in [2.75, 3.05) is 11.9 Å². The Morgan fingerprint density at radius 1 is 1.32 bits per heavy atom. The van der Waals surface area contributed by atoms with E-state index < -0.39 is 5.56 Å². The molecule has 0 aliphatic carbocycles. The van der Waals surface area contributed by atoms with Crippen molar-refractivity contribution >= 4 is 5.69 Å². The predicted octanol–water partition coefficient (Wildman–Crippen LogP) is 1.34. The van der Waals surface area contributed by atoms with Crippen LogP contribution >= 0.6 is 0 Å². The first-order chi connectivity index (χ1) is 10.6. The topological polar surface area (TPSA) is 98.3 Å². The summed E-state index contributed by atoms with van der Waals surface area (Å²) in [6, 6.07) is 11.3. The second-order valence-electron chi connectivity index (χ2n) is 4.81. The lowest BCUT2D eigenvalue weighted by Gasteiger charge is -2.16. The van der Waals surface area contributed by atoms with Crippen molar-refractivity contribution in [3.63, 3.8) is 0 Å². The molecule has 1 aromatic heterocycles. The number of para-hydroxylation sites is 1. The summed E-state index contributed by atoms with van der Waals surface area (Å²) in [6.07, 6.45) is 0. The molecule has 6 nitrogen and oxygen atoms in total. The van der Waals surface area contributed by atoms with E-state index in [-0.39, 0.29) is 31.1 Å². The van der Waals surface area contributed by atoms with Gasteiger partial charge < -0.3 is 15.5 Å². The quantitative estimate of drug-likeness (QED) is 0.774. The Labute approximate surface area is 127 Å². The number of rotatable bonds is 5. The number of aliphatic hydroxyl groups excluding tert-OH is 1. The van der Waals surface area contributed by atoms with Crippen molar-refractivity contribution in [2.45, 2.75) is 20.0 Å². The number of anilines is 1. The fourth-order valence-electron chi connectivity index (χ4n) is 2.27. The first-order valence-corrected chi connectivity index (χ1v) is 6.85. The largest absolute Gasteiger partial charge is 0.494 e. The highest BCUT2D eigenvalue weighted by Crippen LogP contribution is 2.22. The molecule has 1 aromatic carbocycles. The van der Waals surface area contributed by atoms with Gasteiger partial charge in [0.1, 0.15) is 11.6 Å². The molecular weight excluding hydrogens is 282 g/mol. The van der Waals surface area contributed by atoms with Crippen molar-refractivity contribution in [1.29, 1.82) is 5.26 Å². The molecule has 1 heterocycles. The highest BCUT2D eigenvalue weighted by atomic mass is 16.3. The van der Waals surface area contributed by atoms with E-state index in [1.165, 1.54) is 0 Å². The summed E-state index contributed by atoms with van der Waals surface area (Å²) in [5.74, 6) is -0.223. The molecule has 0 bridgehead atoms. The molecule has 114 valence electrons. The fraction of sp³-hybridized carbons (Fsp3) is 0.250. The van der Waals surface area contributed by atoms with Crippen molar-refractivity contribution < 1.29 is 10.2 Å².